The highest BCUT2D eigenvalue weighted by Gasteiger charge is 2.18. The molecule has 0 aliphatic heterocycles. The van der Waals surface area contributed by atoms with E-state index in [1.54, 1.807) is 12.3 Å². The zero-order valence-corrected chi connectivity index (χ0v) is 16.4. The molecule has 0 bridgehead atoms. The van der Waals surface area contributed by atoms with Crippen LogP contribution in [-0.4, -0.2) is 11.1 Å². The number of hydrogen-bond acceptors (Lipinski definition) is 3. The van der Waals surface area contributed by atoms with Crippen molar-refractivity contribution in [2.75, 3.05) is 0 Å². The van der Waals surface area contributed by atoms with Gasteiger partial charge in [0, 0.05) is 6.04 Å². The van der Waals surface area contributed by atoms with Crippen molar-refractivity contribution in [2.45, 2.75) is 45.7 Å². The van der Waals surface area contributed by atoms with Crippen LogP contribution in [0.4, 0.5) is 0 Å². The molecule has 3 aromatic rings. The van der Waals surface area contributed by atoms with Gasteiger partial charge in [0.05, 0.1) is 18.4 Å². The van der Waals surface area contributed by atoms with E-state index in [0.29, 0.717) is 12.1 Å². The van der Waals surface area contributed by atoms with Gasteiger partial charge in [0.25, 0.3) is 0 Å². The third-order valence-corrected chi connectivity index (χ3v) is 5.06. The van der Waals surface area contributed by atoms with Crippen molar-refractivity contribution in [3.63, 3.8) is 0 Å². The van der Waals surface area contributed by atoms with E-state index in [2.05, 4.69) is 12.2 Å². The zero-order valence-electron chi connectivity index (χ0n) is 16.4. The van der Waals surface area contributed by atoms with Crippen molar-refractivity contribution in [1.82, 2.24) is 5.32 Å². The molecule has 4 heteroatoms. The topological polar surface area (TPSA) is 62.5 Å². The smallest absolute Gasteiger partial charge is 0.336 e. The Morgan fingerprint density at radius 1 is 1.11 bits per heavy atom. The molecule has 2 N–H and O–H groups in total. The highest BCUT2D eigenvalue weighted by molar-refractivity contribution is 5.96. The molecule has 0 fully saturated rings. The molecule has 0 saturated heterocycles. The molecule has 1 unspecified atom stereocenters. The summed E-state index contributed by atoms with van der Waals surface area (Å²) in [7, 11) is 0. The third kappa shape index (κ3) is 4.70. The third-order valence-electron chi connectivity index (χ3n) is 5.06. The van der Waals surface area contributed by atoms with E-state index in [1.165, 1.54) is 0 Å². The molecule has 4 nitrogen and oxygen atoms in total. The Kier molecular flexibility index (Phi) is 6.66. The molecule has 146 valence electrons. The Labute approximate surface area is 166 Å². The number of unbranched alkanes of at least 4 members (excludes halogenated alkanes) is 1. The van der Waals surface area contributed by atoms with Crippen LogP contribution in [0, 0.1) is 6.92 Å². The molecule has 0 aliphatic carbocycles. The van der Waals surface area contributed by atoms with E-state index in [1.807, 2.05) is 55.5 Å². The van der Waals surface area contributed by atoms with Crippen LogP contribution < -0.4 is 5.32 Å². The molecular formula is C24H27NO3. The molecule has 1 aromatic heterocycles. The molecule has 1 heterocycles. The van der Waals surface area contributed by atoms with Crippen molar-refractivity contribution in [1.29, 1.82) is 0 Å². The summed E-state index contributed by atoms with van der Waals surface area (Å²) >= 11 is 0. The van der Waals surface area contributed by atoms with Gasteiger partial charge in [0.1, 0.15) is 5.76 Å². The summed E-state index contributed by atoms with van der Waals surface area (Å²) in [5.74, 6) is -0.0127. The van der Waals surface area contributed by atoms with Crippen LogP contribution in [0.2, 0.25) is 0 Å². The second kappa shape index (κ2) is 9.38. The SMILES string of the molecule is CCCCC(NCc1ccco1)c1ccc(C(=O)O)c(-c2ccccc2C)c1. The van der Waals surface area contributed by atoms with Crippen molar-refractivity contribution in [3.05, 3.63) is 83.3 Å². The highest BCUT2D eigenvalue weighted by atomic mass is 16.4. The van der Waals surface area contributed by atoms with E-state index in [4.69, 9.17) is 4.42 Å². The predicted octanol–water partition coefficient (Wildman–Crippen LogP) is 5.97. The maximum atomic E-state index is 11.8. The summed E-state index contributed by atoms with van der Waals surface area (Å²) in [4.78, 5) is 11.8. The van der Waals surface area contributed by atoms with Gasteiger partial charge in [-0.25, -0.2) is 4.79 Å². The summed E-state index contributed by atoms with van der Waals surface area (Å²) in [6, 6.07) is 17.6. The zero-order chi connectivity index (χ0) is 19.9. The quantitative estimate of drug-likeness (QED) is 0.482. The lowest BCUT2D eigenvalue weighted by Crippen LogP contribution is -2.21. The average molecular weight is 377 g/mol. The fraction of sp³-hybridized carbons (Fsp3) is 0.292. The minimum atomic E-state index is -0.904. The van der Waals surface area contributed by atoms with Crippen LogP contribution in [0.25, 0.3) is 11.1 Å². The van der Waals surface area contributed by atoms with Crippen LogP contribution in [0.1, 0.15) is 59.5 Å². The van der Waals surface area contributed by atoms with E-state index >= 15 is 0 Å². The summed E-state index contributed by atoms with van der Waals surface area (Å²) in [6.07, 6.45) is 4.86. The first-order valence-electron chi connectivity index (χ1n) is 9.79. The van der Waals surface area contributed by atoms with Gasteiger partial charge >= 0.3 is 5.97 Å². The number of carboxylic acid groups (broad SMARTS) is 1. The molecular weight excluding hydrogens is 350 g/mol. The van der Waals surface area contributed by atoms with E-state index in [0.717, 1.165) is 47.3 Å². The summed E-state index contributed by atoms with van der Waals surface area (Å²) in [6.45, 7) is 4.83. The summed E-state index contributed by atoms with van der Waals surface area (Å²) < 4.78 is 5.44. The van der Waals surface area contributed by atoms with Crippen molar-refractivity contribution in [2.24, 2.45) is 0 Å². The molecule has 28 heavy (non-hydrogen) atoms. The van der Waals surface area contributed by atoms with Crippen molar-refractivity contribution < 1.29 is 14.3 Å². The molecule has 0 aliphatic rings. The largest absolute Gasteiger partial charge is 0.478 e. The Balaban J connectivity index is 1.96. The van der Waals surface area contributed by atoms with Gasteiger partial charge in [0.15, 0.2) is 0 Å². The number of rotatable bonds is 9. The number of nitrogens with one attached hydrogen (secondary N) is 1. The van der Waals surface area contributed by atoms with Gasteiger partial charge in [-0.05, 0) is 59.9 Å². The number of aromatic carboxylic acids is 1. The molecule has 0 saturated carbocycles. The van der Waals surface area contributed by atoms with E-state index in [9.17, 15) is 9.90 Å². The molecule has 0 radical (unpaired) electrons. The number of benzene rings is 2. The van der Waals surface area contributed by atoms with Gasteiger partial charge < -0.3 is 14.8 Å². The van der Waals surface area contributed by atoms with Gasteiger partial charge in [0.2, 0.25) is 0 Å². The van der Waals surface area contributed by atoms with Crippen LogP contribution in [-0.2, 0) is 6.54 Å². The second-order valence-electron chi connectivity index (χ2n) is 7.08. The van der Waals surface area contributed by atoms with Crippen LogP contribution in [0.3, 0.4) is 0 Å². The number of aryl methyl sites for hydroxylation is 1. The van der Waals surface area contributed by atoms with Gasteiger partial charge in [-0.15, -0.1) is 0 Å². The molecule has 1 atom stereocenters. The first-order valence-corrected chi connectivity index (χ1v) is 9.79. The van der Waals surface area contributed by atoms with Gasteiger partial charge in [-0.3, -0.25) is 0 Å². The maximum absolute atomic E-state index is 11.8. The summed E-state index contributed by atoms with van der Waals surface area (Å²) in [5.41, 5.74) is 4.23. The highest BCUT2D eigenvalue weighted by Crippen LogP contribution is 2.31. The first-order chi connectivity index (χ1) is 13.6. The first kappa shape index (κ1) is 19.9. The number of hydrogen-bond donors (Lipinski definition) is 2. The predicted molar refractivity (Wildman–Crippen MR) is 111 cm³/mol. The van der Waals surface area contributed by atoms with Crippen molar-refractivity contribution in [3.8, 4) is 11.1 Å². The molecule has 3 rings (SSSR count). The Morgan fingerprint density at radius 3 is 2.61 bits per heavy atom. The van der Waals surface area contributed by atoms with Gasteiger partial charge in [-0.1, -0.05) is 50.1 Å². The minimum Gasteiger partial charge on any atom is -0.478 e. The van der Waals surface area contributed by atoms with Crippen LogP contribution in [0.15, 0.2) is 65.3 Å². The lowest BCUT2D eigenvalue weighted by atomic mass is 9.91. The van der Waals surface area contributed by atoms with Crippen LogP contribution in [0.5, 0.6) is 0 Å². The standard InChI is InChI=1S/C24H27NO3/c1-3-4-11-23(25-16-19-9-7-14-28-19)18-12-13-21(24(26)27)22(15-18)20-10-6-5-8-17(20)2/h5-10,12-15,23,25H,3-4,11,16H2,1-2H3,(H,26,27). The van der Waals surface area contributed by atoms with E-state index in [-0.39, 0.29) is 6.04 Å². The Bertz CT molecular complexity index is 915. The Hall–Kier alpha value is -2.85. The monoisotopic (exact) mass is 377 g/mol. The molecule has 0 amide bonds. The lowest BCUT2D eigenvalue weighted by Gasteiger charge is -2.21. The molecule has 2 aromatic carbocycles. The fourth-order valence-corrected chi connectivity index (χ4v) is 3.49. The van der Waals surface area contributed by atoms with E-state index < -0.39 is 5.97 Å². The maximum Gasteiger partial charge on any atom is 0.336 e. The average Bonchev–Trinajstić information content (AvgIpc) is 3.21. The minimum absolute atomic E-state index is 0.135. The normalized spacial score (nSPS) is 12.1. The van der Waals surface area contributed by atoms with Gasteiger partial charge in [-0.2, -0.15) is 0 Å². The lowest BCUT2D eigenvalue weighted by molar-refractivity contribution is 0.0697. The number of furan rings is 1. The number of carbonyl (C=O) groups is 1. The second-order valence-corrected chi connectivity index (χ2v) is 7.08. The molecule has 0 spiro atoms. The summed E-state index contributed by atoms with van der Waals surface area (Å²) in [5, 5.41) is 13.3. The number of carboxylic acids is 1. The van der Waals surface area contributed by atoms with Crippen LogP contribution >= 0.6 is 0 Å². The van der Waals surface area contributed by atoms with Crippen molar-refractivity contribution >= 4 is 5.97 Å². The Morgan fingerprint density at radius 2 is 1.93 bits per heavy atom. The fourth-order valence-electron chi connectivity index (χ4n) is 3.49.